The van der Waals surface area contributed by atoms with Crippen molar-refractivity contribution in [3.63, 3.8) is 0 Å². The minimum atomic E-state index is -0.347. The maximum absolute atomic E-state index is 12.4. The number of nitrogens with one attached hydrogen (secondary N) is 1. The van der Waals surface area contributed by atoms with Gasteiger partial charge >= 0.3 is 0 Å². The number of nitrogens with zero attached hydrogens (tertiary/aromatic N) is 2. The maximum atomic E-state index is 12.4. The summed E-state index contributed by atoms with van der Waals surface area (Å²) in [5.74, 6) is 0.624. The van der Waals surface area contributed by atoms with Gasteiger partial charge in [0.15, 0.2) is 11.5 Å². The van der Waals surface area contributed by atoms with Gasteiger partial charge in [-0.2, -0.15) is 0 Å². The average molecular weight is 428 g/mol. The lowest BCUT2D eigenvalue weighted by Crippen LogP contribution is -2.51. The van der Waals surface area contributed by atoms with E-state index in [0.717, 1.165) is 18.8 Å². The number of piperazine rings is 1. The summed E-state index contributed by atoms with van der Waals surface area (Å²) in [6.07, 6.45) is 2.99. The molecule has 2 amide bonds. The number of ether oxygens (including phenoxy) is 2. The number of para-hydroxylation sites is 1. The van der Waals surface area contributed by atoms with E-state index in [9.17, 15) is 9.59 Å². The van der Waals surface area contributed by atoms with Crippen LogP contribution in [0, 0.1) is 0 Å². The fraction of sp³-hybridized carbons (Fsp3) is 0.273. The van der Waals surface area contributed by atoms with Gasteiger partial charge in [-0.3, -0.25) is 9.59 Å². The molecule has 2 heterocycles. The number of hydrogen-bond donors (Lipinski definition) is 1. The van der Waals surface area contributed by atoms with E-state index in [1.165, 1.54) is 6.08 Å². The van der Waals surface area contributed by atoms with Crippen LogP contribution in [0.3, 0.4) is 0 Å². The van der Waals surface area contributed by atoms with Crippen LogP contribution in [0.15, 0.2) is 48.5 Å². The predicted octanol–water partition coefficient (Wildman–Crippen LogP) is 2.55. The number of benzene rings is 2. The summed E-state index contributed by atoms with van der Waals surface area (Å²) in [5.41, 5.74) is 1.87. The van der Waals surface area contributed by atoms with Crippen LogP contribution in [0.25, 0.3) is 6.08 Å². The van der Waals surface area contributed by atoms with Crippen molar-refractivity contribution >= 4 is 35.2 Å². The molecule has 8 heteroatoms. The van der Waals surface area contributed by atoms with E-state index in [1.807, 2.05) is 18.2 Å². The summed E-state index contributed by atoms with van der Waals surface area (Å²) in [5, 5.41) is 3.07. The van der Waals surface area contributed by atoms with Gasteiger partial charge in [-0.05, 0) is 35.9 Å². The van der Waals surface area contributed by atoms with Crippen LogP contribution in [0.1, 0.15) is 5.56 Å². The molecular formula is C22H22ClN3O4. The monoisotopic (exact) mass is 427 g/mol. The number of carbonyl (C=O) groups is 2. The van der Waals surface area contributed by atoms with Gasteiger partial charge in [-0.1, -0.05) is 29.8 Å². The van der Waals surface area contributed by atoms with Gasteiger partial charge in [-0.25, -0.2) is 0 Å². The maximum Gasteiger partial charge on any atom is 0.244 e. The fourth-order valence-corrected chi connectivity index (χ4v) is 3.72. The van der Waals surface area contributed by atoms with Crippen molar-refractivity contribution in [2.75, 3.05) is 44.4 Å². The number of rotatable bonds is 5. The van der Waals surface area contributed by atoms with Gasteiger partial charge < -0.3 is 24.6 Å². The Labute approximate surface area is 179 Å². The van der Waals surface area contributed by atoms with Crippen molar-refractivity contribution < 1.29 is 19.1 Å². The SMILES string of the molecule is O=C(/C=C/c1cc(Cl)c2c(c1)OCO2)NCC(=O)N1CCN(c2ccccc2)CC1. The topological polar surface area (TPSA) is 71.1 Å². The Kier molecular flexibility index (Phi) is 6.09. The van der Waals surface area contributed by atoms with Crippen LogP contribution in [0.4, 0.5) is 5.69 Å². The van der Waals surface area contributed by atoms with Crippen molar-refractivity contribution in [2.24, 2.45) is 0 Å². The molecule has 0 aliphatic carbocycles. The lowest BCUT2D eigenvalue weighted by atomic mass is 10.2. The summed E-state index contributed by atoms with van der Waals surface area (Å²) in [7, 11) is 0. The Hall–Kier alpha value is -3.19. The van der Waals surface area contributed by atoms with Crippen molar-refractivity contribution in [1.29, 1.82) is 0 Å². The van der Waals surface area contributed by atoms with E-state index in [0.29, 0.717) is 35.2 Å². The highest BCUT2D eigenvalue weighted by Crippen LogP contribution is 2.40. The highest BCUT2D eigenvalue weighted by Gasteiger charge is 2.21. The molecular weight excluding hydrogens is 406 g/mol. The second kappa shape index (κ2) is 9.09. The summed E-state index contributed by atoms with van der Waals surface area (Å²) in [6.45, 7) is 2.91. The van der Waals surface area contributed by atoms with E-state index in [-0.39, 0.29) is 25.2 Å². The summed E-state index contributed by atoms with van der Waals surface area (Å²) < 4.78 is 10.6. The zero-order valence-corrected chi connectivity index (χ0v) is 17.1. The predicted molar refractivity (Wildman–Crippen MR) is 115 cm³/mol. The average Bonchev–Trinajstić information content (AvgIpc) is 3.26. The zero-order chi connectivity index (χ0) is 20.9. The molecule has 4 rings (SSSR count). The molecule has 2 aromatic rings. The van der Waals surface area contributed by atoms with Crippen molar-refractivity contribution in [3.8, 4) is 11.5 Å². The van der Waals surface area contributed by atoms with E-state index >= 15 is 0 Å². The molecule has 2 aromatic carbocycles. The Balaban J connectivity index is 1.24. The van der Waals surface area contributed by atoms with Gasteiger partial charge in [0.1, 0.15) is 0 Å². The van der Waals surface area contributed by atoms with Crippen LogP contribution in [0.5, 0.6) is 11.5 Å². The quantitative estimate of drug-likeness (QED) is 0.742. The standard InChI is InChI=1S/C22H22ClN3O4/c23-18-12-16(13-19-22(18)30-15-29-19)6-7-20(27)24-14-21(28)26-10-8-25(9-11-26)17-4-2-1-3-5-17/h1-7,12-13H,8-11,14-15H2,(H,24,27)/b7-6+. The molecule has 2 aliphatic heterocycles. The van der Waals surface area contributed by atoms with E-state index in [1.54, 1.807) is 23.1 Å². The minimum Gasteiger partial charge on any atom is -0.454 e. The van der Waals surface area contributed by atoms with Crippen molar-refractivity contribution in [1.82, 2.24) is 10.2 Å². The first-order valence-corrected chi connectivity index (χ1v) is 10.1. The minimum absolute atomic E-state index is 0.0313. The van der Waals surface area contributed by atoms with E-state index < -0.39 is 0 Å². The molecule has 1 saturated heterocycles. The Morgan fingerprint density at radius 3 is 2.60 bits per heavy atom. The van der Waals surface area contributed by atoms with Crippen LogP contribution in [-0.2, 0) is 9.59 Å². The third-order valence-corrected chi connectivity index (χ3v) is 5.33. The molecule has 2 aliphatic rings. The molecule has 0 saturated carbocycles. The largest absolute Gasteiger partial charge is 0.454 e. The first-order valence-electron chi connectivity index (χ1n) is 9.73. The highest BCUT2D eigenvalue weighted by atomic mass is 35.5. The third-order valence-electron chi connectivity index (χ3n) is 5.04. The number of fused-ring (bicyclic) bond motifs is 1. The first kappa shape index (κ1) is 20.1. The lowest BCUT2D eigenvalue weighted by molar-refractivity contribution is -0.132. The van der Waals surface area contributed by atoms with Gasteiger partial charge in [0.25, 0.3) is 0 Å². The van der Waals surface area contributed by atoms with E-state index in [4.69, 9.17) is 21.1 Å². The van der Waals surface area contributed by atoms with Crippen LogP contribution < -0.4 is 19.7 Å². The Morgan fingerprint density at radius 1 is 1.07 bits per heavy atom. The first-order chi connectivity index (χ1) is 14.6. The number of anilines is 1. The third kappa shape index (κ3) is 4.68. The van der Waals surface area contributed by atoms with E-state index in [2.05, 4.69) is 22.3 Å². The van der Waals surface area contributed by atoms with Crippen LogP contribution in [-0.4, -0.2) is 56.2 Å². The second-order valence-corrected chi connectivity index (χ2v) is 7.40. The van der Waals surface area contributed by atoms with Crippen molar-refractivity contribution in [2.45, 2.75) is 0 Å². The number of hydrogen-bond acceptors (Lipinski definition) is 5. The Bertz CT molecular complexity index is 956. The second-order valence-electron chi connectivity index (χ2n) is 6.99. The zero-order valence-electron chi connectivity index (χ0n) is 16.3. The molecule has 0 bridgehead atoms. The summed E-state index contributed by atoms with van der Waals surface area (Å²) in [4.78, 5) is 28.5. The summed E-state index contributed by atoms with van der Waals surface area (Å²) >= 11 is 6.14. The van der Waals surface area contributed by atoms with Crippen molar-refractivity contribution in [3.05, 3.63) is 59.1 Å². The van der Waals surface area contributed by atoms with Gasteiger partial charge in [-0.15, -0.1) is 0 Å². The van der Waals surface area contributed by atoms with Crippen LogP contribution >= 0.6 is 11.6 Å². The molecule has 1 fully saturated rings. The Morgan fingerprint density at radius 2 is 1.83 bits per heavy atom. The fourth-order valence-electron chi connectivity index (χ4n) is 3.44. The number of carbonyl (C=O) groups excluding carboxylic acids is 2. The lowest BCUT2D eigenvalue weighted by Gasteiger charge is -2.36. The van der Waals surface area contributed by atoms with Crippen LogP contribution in [0.2, 0.25) is 5.02 Å². The van der Waals surface area contributed by atoms with Gasteiger partial charge in [0.05, 0.1) is 11.6 Å². The van der Waals surface area contributed by atoms with Gasteiger partial charge in [0.2, 0.25) is 18.6 Å². The smallest absolute Gasteiger partial charge is 0.244 e. The van der Waals surface area contributed by atoms with Gasteiger partial charge in [0, 0.05) is 37.9 Å². The number of halogens is 1. The molecule has 0 spiro atoms. The molecule has 0 unspecified atom stereocenters. The molecule has 156 valence electrons. The molecule has 0 radical (unpaired) electrons. The molecule has 7 nitrogen and oxygen atoms in total. The normalized spacial score (nSPS) is 15.5. The highest BCUT2D eigenvalue weighted by molar-refractivity contribution is 6.32. The molecule has 1 N–H and O–H groups in total. The molecule has 0 aromatic heterocycles. The number of amides is 2. The summed E-state index contributed by atoms with van der Waals surface area (Å²) in [6, 6.07) is 13.6. The molecule has 30 heavy (non-hydrogen) atoms. The molecule has 0 atom stereocenters.